The van der Waals surface area contributed by atoms with Crippen LogP contribution in [0.25, 0.3) is 0 Å². The van der Waals surface area contributed by atoms with Crippen LogP contribution in [0.5, 0.6) is 11.5 Å². The lowest BCUT2D eigenvalue weighted by atomic mass is 9.82. The van der Waals surface area contributed by atoms with Crippen LogP contribution in [-0.2, 0) is 42.9 Å². The summed E-state index contributed by atoms with van der Waals surface area (Å²) < 4.78 is 26.6. The summed E-state index contributed by atoms with van der Waals surface area (Å²) in [6.07, 6.45) is -6.05. The zero-order valence-corrected chi connectivity index (χ0v) is 23.8. The summed E-state index contributed by atoms with van der Waals surface area (Å²) in [5, 5.41) is 23.3. The number of nitrogens with one attached hydrogen (secondary N) is 1. The molecule has 1 fully saturated rings. The lowest BCUT2D eigenvalue weighted by Gasteiger charge is -2.44. The number of rotatable bonds is 7. The highest BCUT2D eigenvalue weighted by molar-refractivity contribution is 6.30. The van der Waals surface area contributed by atoms with Gasteiger partial charge in [-0.05, 0) is 18.2 Å². The molecule has 5 atom stereocenters. The molecule has 0 aromatic heterocycles. The van der Waals surface area contributed by atoms with E-state index in [0.29, 0.717) is 0 Å². The van der Waals surface area contributed by atoms with Crippen molar-refractivity contribution in [1.82, 2.24) is 5.32 Å². The molecule has 1 unspecified atom stereocenters. The number of carbonyl (C=O) groups excluding carboxylic acids is 7. The molecule has 1 heterocycles. The van der Waals surface area contributed by atoms with Crippen LogP contribution in [-0.4, -0.2) is 88.8 Å². The van der Waals surface area contributed by atoms with Gasteiger partial charge in [-0.15, -0.1) is 0 Å². The predicted molar refractivity (Wildman–Crippen MR) is 143 cm³/mol. The Hall–Kier alpha value is -5.31. The van der Waals surface area contributed by atoms with Gasteiger partial charge in [-0.2, -0.15) is 0 Å². The fourth-order valence-corrected chi connectivity index (χ4v) is 4.97. The van der Waals surface area contributed by atoms with Crippen LogP contribution in [0.4, 0.5) is 0 Å². The summed E-state index contributed by atoms with van der Waals surface area (Å²) in [6, 6.07) is 4.23. The maximum atomic E-state index is 13.6. The Morgan fingerprint density at radius 1 is 0.773 bits per heavy atom. The number of phenolic OH excluding ortho intramolecular Hbond substituents is 2. The minimum atomic E-state index is -1.68. The third-order valence-corrected chi connectivity index (χ3v) is 6.65. The van der Waals surface area contributed by atoms with Crippen LogP contribution in [0.2, 0.25) is 0 Å². The smallest absolute Gasteiger partial charge is 0.305 e. The molecule has 4 rings (SSSR count). The number of phenols is 2. The number of aromatic hydroxyl groups is 2. The normalized spacial score (nSPS) is 22.1. The zero-order valence-electron chi connectivity index (χ0n) is 23.8. The van der Waals surface area contributed by atoms with Crippen LogP contribution >= 0.6 is 0 Å². The first-order valence-corrected chi connectivity index (χ1v) is 13.1. The van der Waals surface area contributed by atoms with Gasteiger partial charge < -0.3 is 39.2 Å². The Labute approximate surface area is 249 Å². The van der Waals surface area contributed by atoms with Gasteiger partial charge in [-0.3, -0.25) is 33.6 Å². The van der Waals surface area contributed by atoms with E-state index in [4.69, 9.17) is 23.7 Å². The summed E-state index contributed by atoms with van der Waals surface area (Å²) in [4.78, 5) is 87.4. The standard InChI is InChI=1S/C29H27NO14/c1-11(31)40-10-20-26(41-12(2)32)27(42-13(3)33)23(29(44-20)43-14(4)34)30-28(39)15-8-17-22(19(36)9-15)25(38)21-16(24(17)37)6-5-7-18(21)35/h5-9,20,23,26-27,29,35-36H,10H2,1-4H3,(H,30,39)/t20-,23-,26-,27+,29?/m1/s1. The molecular weight excluding hydrogens is 586 g/mol. The average Bonchev–Trinajstić information content (AvgIpc) is 2.92. The number of carbonyl (C=O) groups is 7. The van der Waals surface area contributed by atoms with Gasteiger partial charge in [0, 0.05) is 44.4 Å². The van der Waals surface area contributed by atoms with Crippen molar-refractivity contribution < 1.29 is 67.5 Å². The van der Waals surface area contributed by atoms with Gasteiger partial charge in [0.15, 0.2) is 18.0 Å². The molecule has 15 heteroatoms. The van der Waals surface area contributed by atoms with E-state index in [-0.39, 0.29) is 22.3 Å². The molecule has 2 aliphatic rings. The quantitative estimate of drug-likeness (QED) is 0.247. The van der Waals surface area contributed by atoms with E-state index in [1.807, 2.05) is 0 Å². The number of hydrogen-bond acceptors (Lipinski definition) is 14. The van der Waals surface area contributed by atoms with Crippen LogP contribution in [0, 0.1) is 0 Å². The monoisotopic (exact) mass is 613 g/mol. The Kier molecular flexibility index (Phi) is 8.99. The highest BCUT2D eigenvalue weighted by Crippen LogP contribution is 2.37. The second-order valence-electron chi connectivity index (χ2n) is 9.88. The first kappa shape index (κ1) is 31.6. The number of ether oxygens (including phenoxy) is 5. The van der Waals surface area contributed by atoms with Gasteiger partial charge in [0.2, 0.25) is 12.1 Å². The van der Waals surface area contributed by atoms with Gasteiger partial charge in [0.1, 0.15) is 30.3 Å². The number of amides is 1. The van der Waals surface area contributed by atoms with Crippen molar-refractivity contribution in [1.29, 1.82) is 0 Å². The topological polar surface area (TPSA) is 218 Å². The van der Waals surface area contributed by atoms with E-state index in [1.54, 1.807) is 0 Å². The Morgan fingerprint density at radius 3 is 2.00 bits per heavy atom. The molecule has 2 aromatic carbocycles. The molecule has 2 aromatic rings. The van der Waals surface area contributed by atoms with Gasteiger partial charge in [0.25, 0.3) is 5.91 Å². The molecule has 44 heavy (non-hydrogen) atoms. The predicted octanol–water partition coefficient (Wildman–Crippen LogP) is 0.686. The molecule has 3 N–H and O–H groups in total. The summed E-state index contributed by atoms with van der Waals surface area (Å²) in [5.41, 5.74) is -1.55. The molecule has 0 radical (unpaired) electrons. The molecular formula is C29H27NO14. The third-order valence-electron chi connectivity index (χ3n) is 6.65. The summed E-state index contributed by atoms with van der Waals surface area (Å²) in [6.45, 7) is 3.69. The van der Waals surface area contributed by atoms with E-state index in [2.05, 4.69) is 5.32 Å². The van der Waals surface area contributed by atoms with Crippen LogP contribution < -0.4 is 5.32 Å². The van der Waals surface area contributed by atoms with E-state index in [0.717, 1.165) is 39.8 Å². The number of esters is 4. The van der Waals surface area contributed by atoms with E-state index in [9.17, 15) is 43.8 Å². The van der Waals surface area contributed by atoms with E-state index < -0.39 is 95.7 Å². The fraction of sp³-hybridized carbons (Fsp3) is 0.345. The molecule has 232 valence electrons. The molecule has 15 nitrogen and oxygen atoms in total. The number of fused-ring (bicyclic) bond motifs is 2. The van der Waals surface area contributed by atoms with Crippen molar-refractivity contribution in [2.75, 3.05) is 6.61 Å². The SMILES string of the molecule is CC(=O)OC[C@H]1OC(OC(C)=O)[C@H](NC(=O)c2cc(O)c3c(c2)C(=O)c2cccc(O)c2C3=O)[C@H](OC(C)=O)[C@@H]1OC(C)=O. The van der Waals surface area contributed by atoms with Crippen LogP contribution in [0.1, 0.15) is 69.9 Å². The van der Waals surface area contributed by atoms with Gasteiger partial charge >= 0.3 is 23.9 Å². The maximum absolute atomic E-state index is 13.6. The van der Waals surface area contributed by atoms with Crippen molar-refractivity contribution in [3.05, 3.63) is 58.1 Å². The molecule has 0 spiro atoms. The van der Waals surface area contributed by atoms with Gasteiger partial charge in [-0.25, -0.2) is 0 Å². The Balaban J connectivity index is 1.74. The first-order chi connectivity index (χ1) is 20.7. The summed E-state index contributed by atoms with van der Waals surface area (Å²) in [5.74, 6) is -7.18. The summed E-state index contributed by atoms with van der Waals surface area (Å²) in [7, 11) is 0. The lowest BCUT2D eigenvalue weighted by Crippen LogP contribution is -2.67. The Morgan fingerprint density at radius 2 is 1.39 bits per heavy atom. The molecule has 1 aliphatic carbocycles. The van der Waals surface area contributed by atoms with E-state index >= 15 is 0 Å². The first-order valence-electron chi connectivity index (χ1n) is 13.1. The van der Waals surface area contributed by atoms with Crippen molar-refractivity contribution in [3.63, 3.8) is 0 Å². The average molecular weight is 614 g/mol. The molecule has 1 amide bonds. The maximum Gasteiger partial charge on any atom is 0.305 e. The molecule has 1 aliphatic heterocycles. The molecule has 0 bridgehead atoms. The van der Waals surface area contributed by atoms with Crippen molar-refractivity contribution in [2.24, 2.45) is 0 Å². The van der Waals surface area contributed by atoms with Crippen molar-refractivity contribution in [3.8, 4) is 11.5 Å². The zero-order chi connectivity index (χ0) is 32.5. The van der Waals surface area contributed by atoms with Crippen molar-refractivity contribution in [2.45, 2.75) is 58.3 Å². The van der Waals surface area contributed by atoms with E-state index in [1.165, 1.54) is 18.2 Å². The second kappa shape index (κ2) is 12.5. The molecule has 0 saturated carbocycles. The minimum Gasteiger partial charge on any atom is -0.507 e. The second-order valence-corrected chi connectivity index (χ2v) is 9.88. The lowest BCUT2D eigenvalue weighted by molar-refractivity contribution is -0.270. The highest BCUT2D eigenvalue weighted by Gasteiger charge is 2.52. The van der Waals surface area contributed by atoms with Crippen molar-refractivity contribution >= 4 is 41.4 Å². The highest BCUT2D eigenvalue weighted by atomic mass is 16.7. The minimum absolute atomic E-state index is 0.145. The Bertz CT molecular complexity index is 1580. The van der Waals surface area contributed by atoms with Gasteiger partial charge in [-0.1, -0.05) is 12.1 Å². The largest absolute Gasteiger partial charge is 0.507 e. The number of benzene rings is 2. The third kappa shape index (κ3) is 6.36. The number of hydrogen-bond donors (Lipinski definition) is 3. The fourth-order valence-electron chi connectivity index (χ4n) is 4.97. The van der Waals surface area contributed by atoms with Gasteiger partial charge in [0.05, 0.1) is 11.1 Å². The summed E-state index contributed by atoms with van der Waals surface area (Å²) >= 11 is 0. The number of ketones is 2. The molecule has 1 saturated heterocycles. The van der Waals surface area contributed by atoms with Crippen LogP contribution in [0.3, 0.4) is 0 Å². The van der Waals surface area contributed by atoms with Crippen LogP contribution in [0.15, 0.2) is 30.3 Å².